The Kier molecular flexibility index (Phi) is 5.20. The average molecular weight is 248 g/mol. The first-order valence-corrected chi connectivity index (χ1v) is 6.54. The zero-order chi connectivity index (χ0) is 13.7. The quantitative estimate of drug-likeness (QED) is 0.869. The zero-order valence-electron chi connectivity index (χ0n) is 12.1. The van der Waals surface area contributed by atoms with Crippen molar-refractivity contribution in [1.29, 1.82) is 0 Å². The molecule has 0 aromatic heterocycles. The third-order valence-corrected chi connectivity index (χ3v) is 3.19. The van der Waals surface area contributed by atoms with Gasteiger partial charge in [0.2, 0.25) is 5.91 Å². The summed E-state index contributed by atoms with van der Waals surface area (Å²) < 4.78 is 0. The minimum absolute atomic E-state index is 0.132. The molecule has 0 radical (unpaired) electrons. The fourth-order valence-corrected chi connectivity index (χ4v) is 2.15. The standard InChI is InChI=1S/C15H24N2O/c1-6-17(14(5)18)10-13(4)16-15-11(2)8-7-9-12(15)3/h7-9,13,16H,6,10H2,1-5H3. The number of hydrogen-bond acceptors (Lipinski definition) is 2. The van der Waals surface area contributed by atoms with Crippen molar-refractivity contribution in [2.75, 3.05) is 18.4 Å². The van der Waals surface area contributed by atoms with E-state index in [0.29, 0.717) is 0 Å². The Bertz CT molecular complexity index is 395. The number of para-hydroxylation sites is 1. The summed E-state index contributed by atoms with van der Waals surface area (Å²) in [4.78, 5) is 13.2. The van der Waals surface area contributed by atoms with Gasteiger partial charge < -0.3 is 10.2 Å². The molecule has 3 nitrogen and oxygen atoms in total. The van der Waals surface area contributed by atoms with E-state index in [9.17, 15) is 4.79 Å². The number of likely N-dealkylation sites (N-methyl/N-ethyl adjacent to an activating group) is 1. The number of nitrogens with one attached hydrogen (secondary N) is 1. The van der Waals surface area contributed by atoms with Crippen LogP contribution in [-0.2, 0) is 4.79 Å². The molecule has 0 bridgehead atoms. The van der Waals surface area contributed by atoms with E-state index in [4.69, 9.17) is 0 Å². The van der Waals surface area contributed by atoms with Crippen LogP contribution in [0, 0.1) is 13.8 Å². The van der Waals surface area contributed by atoms with Crippen LogP contribution < -0.4 is 5.32 Å². The van der Waals surface area contributed by atoms with Crippen LogP contribution in [0.15, 0.2) is 18.2 Å². The maximum Gasteiger partial charge on any atom is 0.219 e. The van der Waals surface area contributed by atoms with E-state index in [1.54, 1.807) is 6.92 Å². The average Bonchev–Trinajstić information content (AvgIpc) is 2.30. The monoisotopic (exact) mass is 248 g/mol. The zero-order valence-corrected chi connectivity index (χ0v) is 12.1. The lowest BCUT2D eigenvalue weighted by atomic mass is 10.1. The normalized spacial score (nSPS) is 12.1. The highest BCUT2D eigenvalue weighted by atomic mass is 16.2. The van der Waals surface area contributed by atoms with Crippen molar-refractivity contribution in [3.05, 3.63) is 29.3 Å². The lowest BCUT2D eigenvalue weighted by Crippen LogP contribution is -2.38. The van der Waals surface area contributed by atoms with E-state index in [0.717, 1.165) is 13.1 Å². The van der Waals surface area contributed by atoms with Gasteiger partial charge in [-0.2, -0.15) is 0 Å². The van der Waals surface area contributed by atoms with Crippen LogP contribution in [0.2, 0.25) is 0 Å². The molecule has 0 fully saturated rings. The minimum atomic E-state index is 0.132. The maximum absolute atomic E-state index is 11.4. The summed E-state index contributed by atoms with van der Waals surface area (Å²) >= 11 is 0. The predicted octanol–water partition coefficient (Wildman–Crippen LogP) is 2.97. The molecule has 0 heterocycles. The molecule has 1 atom stereocenters. The topological polar surface area (TPSA) is 32.3 Å². The Morgan fingerprint density at radius 1 is 1.33 bits per heavy atom. The van der Waals surface area contributed by atoms with Crippen molar-refractivity contribution in [2.45, 2.75) is 40.7 Å². The number of anilines is 1. The summed E-state index contributed by atoms with van der Waals surface area (Å²) in [6, 6.07) is 6.51. The summed E-state index contributed by atoms with van der Waals surface area (Å²) in [5, 5.41) is 3.50. The summed E-state index contributed by atoms with van der Waals surface area (Å²) in [5.74, 6) is 0.132. The van der Waals surface area contributed by atoms with Gasteiger partial charge in [0.05, 0.1) is 0 Å². The van der Waals surface area contributed by atoms with E-state index in [1.165, 1.54) is 16.8 Å². The number of hydrogen-bond donors (Lipinski definition) is 1. The first-order chi connectivity index (χ1) is 8.45. The molecule has 18 heavy (non-hydrogen) atoms. The number of benzene rings is 1. The van der Waals surface area contributed by atoms with E-state index < -0.39 is 0 Å². The molecule has 1 aromatic rings. The van der Waals surface area contributed by atoms with Gasteiger partial charge in [0, 0.05) is 31.7 Å². The highest BCUT2D eigenvalue weighted by Crippen LogP contribution is 2.20. The lowest BCUT2D eigenvalue weighted by Gasteiger charge is -2.25. The lowest BCUT2D eigenvalue weighted by molar-refractivity contribution is -0.128. The smallest absolute Gasteiger partial charge is 0.219 e. The molecular weight excluding hydrogens is 224 g/mol. The van der Waals surface area contributed by atoms with Crippen molar-refractivity contribution in [2.24, 2.45) is 0 Å². The first kappa shape index (κ1) is 14.6. The second-order valence-electron chi connectivity index (χ2n) is 4.87. The molecule has 0 saturated heterocycles. The molecule has 0 aliphatic rings. The van der Waals surface area contributed by atoms with E-state index in [-0.39, 0.29) is 11.9 Å². The van der Waals surface area contributed by atoms with Gasteiger partial charge in [0.25, 0.3) is 0 Å². The SMILES string of the molecule is CCN(CC(C)Nc1c(C)cccc1C)C(C)=O. The van der Waals surface area contributed by atoms with Gasteiger partial charge >= 0.3 is 0 Å². The predicted molar refractivity (Wildman–Crippen MR) is 76.9 cm³/mol. The van der Waals surface area contributed by atoms with Crippen molar-refractivity contribution in [1.82, 2.24) is 4.90 Å². The van der Waals surface area contributed by atoms with Gasteiger partial charge in [0.15, 0.2) is 0 Å². The van der Waals surface area contributed by atoms with Crippen molar-refractivity contribution < 1.29 is 4.79 Å². The van der Waals surface area contributed by atoms with E-state index in [1.807, 2.05) is 11.8 Å². The maximum atomic E-state index is 11.4. The fourth-order valence-electron chi connectivity index (χ4n) is 2.15. The summed E-state index contributed by atoms with van der Waals surface area (Å²) in [6.07, 6.45) is 0. The van der Waals surface area contributed by atoms with Gasteiger partial charge in [-0.3, -0.25) is 4.79 Å². The molecule has 0 saturated carbocycles. The molecule has 1 N–H and O–H groups in total. The summed E-state index contributed by atoms with van der Waals surface area (Å²) in [5.41, 5.74) is 3.67. The molecular formula is C15H24N2O. The van der Waals surface area contributed by atoms with Crippen LogP contribution >= 0.6 is 0 Å². The number of nitrogens with zero attached hydrogens (tertiary/aromatic N) is 1. The molecule has 1 amide bonds. The van der Waals surface area contributed by atoms with Crippen LogP contribution in [-0.4, -0.2) is 29.9 Å². The summed E-state index contributed by atoms with van der Waals surface area (Å²) in [7, 11) is 0. The Labute approximate surface area is 110 Å². The number of carbonyl (C=O) groups is 1. The number of amides is 1. The molecule has 0 aliphatic carbocycles. The Morgan fingerprint density at radius 3 is 2.33 bits per heavy atom. The van der Waals surface area contributed by atoms with Gasteiger partial charge in [-0.05, 0) is 38.8 Å². The van der Waals surface area contributed by atoms with Crippen molar-refractivity contribution >= 4 is 11.6 Å². The molecule has 3 heteroatoms. The number of carbonyl (C=O) groups excluding carboxylic acids is 1. The van der Waals surface area contributed by atoms with Crippen molar-refractivity contribution in [3.8, 4) is 0 Å². The van der Waals surface area contributed by atoms with Crippen LogP contribution in [0.4, 0.5) is 5.69 Å². The third-order valence-electron chi connectivity index (χ3n) is 3.19. The third kappa shape index (κ3) is 3.76. The van der Waals surface area contributed by atoms with E-state index in [2.05, 4.69) is 44.3 Å². The van der Waals surface area contributed by atoms with Crippen LogP contribution in [0.1, 0.15) is 31.9 Å². The van der Waals surface area contributed by atoms with Crippen molar-refractivity contribution in [3.63, 3.8) is 0 Å². The highest BCUT2D eigenvalue weighted by molar-refractivity contribution is 5.73. The van der Waals surface area contributed by atoms with Gasteiger partial charge in [-0.15, -0.1) is 0 Å². The second kappa shape index (κ2) is 6.43. The molecule has 0 aliphatic heterocycles. The first-order valence-electron chi connectivity index (χ1n) is 6.54. The van der Waals surface area contributed by atoms with Crippen LogP contribution in [0.3, 0.4) is 0 Å². The molecule has 0 spiro atoms. The Balaban J connectivity index is 2.70. The summed E-state index contributed by atoms with van der Waals surface area (Å²) in [6.45, 7) is 11.4. The Morgan fingerprint density at radius 2 is 1.89 bits per heavy atom. The molecule has 1 aromatic carbocycles. The van der Waals surface area contributed by atoms with Crippen LogP contribution in [0.25, 0.3) is 0 Å². The highest BCUT2D eigenvalue weighted by Gasteiger charge is 2.12. The van der Waals surface area contributed by atoms with Gasteiger partial charge in [-0.25, -0.2) is 0 Å². The second-order valence-corrected chi connectivity index (χ2v) is 4.87. The number of aryl methyl sites for hydroxylation is 2. The molecule has 1 unspecified atom stereocenters. The van der Waals surface area contributed by atoms with Gasteiger partial charge in [-0.1, -0.05) is 18.2 Å². The Hall–Kier alpha value is -1.51. The van der Waals surface area contributed by atoms with Crippen LogP contribution in [0.5, 0.6) is 0 Å². The van der Waals surface area contributed by atoms with E-state index >= 15 is 0 Å². The molecule has 1 rings (SSSR count). The largest absolute Gasteiger partial charge is 0.380 e. The minimum Gasteiger partial charge on any atom is -0.380 e. The molecule has 100 valence electrons. The fraction of sp³-hybridized carbons (Fsp3) is 0.533. The van der Waals surface area contributed by atoms with Gasteiger partial charge in [0.1, 0.15) is 0 Å². The number of rotatable bonds is 5.